The van der Waals surface area contributed by atoms with Gasteiger partial charge >= 0.3 is 0 Å². The molecule has 1 aliphatic heterocycles. The summed E-state index contributed by atoms with van der Waals surface area (Å²) in [5.41, 5.74) is 0.942. The Kier molecular flexibility index (Phi) is 3.30. The lowest BCUT2D eigenvalue weighted by Crippen LogP contribution is -2.32. The zero-order chi connectivity index (χ0) is 12.6. The lowest BCUT2D eigenvalue weighted by Gasteiger charge is -2.16. The molecule has 0 saturated carbocycles. The van der Waals surface area contributed by atoms with Gasteiger partial charge in [-0.25, -0.2) is 0 Å². The molecule has 6 heteroatoms. The Morgan fingerprint density at radius 3 is 2.59 bits per heavy atom. The van der Waals surface area contributed by atoms with Crippen LogP contribution in [0.1, 0.15) is 17.4 Å². The molecule has 4 atom stereocenters. The van der Waals surface area contributed by atoms with Crippen LogP contribution in [0.15, 0.2) is 16.9 Å². The minimum Gasteiger partial charge on any atom is -0.394 e. The maximum Gasteiger partial charge on any atom is 0.248 e. The van der Waals surface area contributed by atoms with Crippen molar-refractivity contribution in [1.29, 1.82) is 0 Å². The van der Waals surface area contributed by atoms with E-state index in [0.29, 0.717) is 11.3 Å². The first-order valence-corrected chi connectivity index (χ1v) is 5.37. The lowest BCUT2D eigenvalue weighted by atomic mass is 10.0. The molecule has 1 aromatic rings. The van der Waals surface area contributed by atoms with E-state index in [2.05, 4.69) is 4.98 Å². The third-order valence-corrected chi connectivity index (χ3v) is 3.01. The highest BCUT2D eigenvalue weighted by Crippen LogP contribution is 2.33. The van der Waals surface area contributed by atoms with Crippen LogP contribution in [0.5, 0.6) is 0 Å². The van der Waals surface area contributed by atoms with Crippen LogP contribution in [0, 0.1) is 6.92 Å². The highest BCUT2D eigenvalue weighted by atomic mass is 16.6. The van der Waals surface area contributed by atoms with Crippen molar-refractivity contribution in [3.05, 3.63) is 33.7 Å². The standard InChI is InChI=1S/C11H15NO5/c1-5-6(2-3-8(14)12-5)11-10(16)9(15)7(4-13)17-11/h2-3,7,9-11,13,15-16H,4H2,1H3,(H,12,14)/t7-,9+,10+,11+/m1/s1. The van der Waals surface area contributed by atoms with Gasteiger partial charge in [0.25, 0.3) is 0 Å². The molecule has 0 unspecified atom stereocenters. The smallest absolute Gasteiger partial charge is 0.248 e. The molecule has 0 aliphatic carbocycles. The molecule has 6 nitrogen and oxygen atoms in total. The molecule has 0 bridgehead atoms. The van der Waals surface area contributed by atoms with Crippen LogP contribution in [-0.4, -0.2) is 45.2 Å². The molecular weight excluding hydrogens is 226 g/mol. The molecule has 94 valence electrons. The zero-order valence-corrected chi connectivity index (χ0v) is 9.33. The third kappa shape index (κ3) is 2.12. The van der Waals surface area contributed by atoms with Crippen LogP contribution in [-0.2, 0) is 4.74 Å². The van der Waals surface area contributed by atoms with Crippen molar-refractivity contribution in [2.45, 2.75) is 31.3 Å². The van der Waals surface area contributed by atoms with Crippen LogP contribution in [0.4, 0.5) is 0 Å². The number of H-pyrrole nitrogens is 1. The second kappa shape index (κ2) is 4.58. The van der Waals surface area contributed by atoms with E-state index in [4.69, 9.17) is 9.84 Å². The minimum absolute atomic E-state index is 0.238. The van der Waals surface area contributed by atoms with Crippen LogP contribution < -0.4 is 5.56 Å². The molecule has 2 rings (SSSR count). The monoisotopic (exact) mass is 241 g/mol. The first-order valence-electron chi connectivity index (χ1n) is 5.37. The number of hydrogen-bond acceptors (Lipinski definition) is 5. The first-order chi connectivity index (χ1) is 8.04. The molecule has 1 fully saturated rings. The van der Waals surface area contributed by atoms with Crippen molar-refractivity contribution in [3.8, 4) is 0 Å². The molecule has 2 heterocycles. The van der Waals surface area contributed by atoms with Gasteiger partial charge in [-0.15, -0.1) is 0 Å². The summed E-state index contributed by atoms with van der Waals surface area (Å²) in [5, 5.41) is 28.4. The molecule has 0 radical (unpaired) electrons. The second-order valence-corrected chi connectivity index (χ2v) is 4.16. The fraction of sp³-hybridized carbons (Fsp3) is 0.545. The van der Waals surface area contributed by atoms with Gasteiger partial charge in [0.15, 0.2) is 0 Å². The minimum atomic E-state index is -1.13. The van der Waals surface area contributed by atoms with E-state index in [-0.39, 0.29) is 12.2 Å². The third-order valence-electron chi connectivity index (χ3n) is 3.01. The van der Waals surface area contributed by atoms with Gasteiger partial charge in [-0.1, -0.05) is 0 Å². The molecule has 1 aliphatic rings. The Labute approximate surface area is 97.5 Å². The lowest BCUT2D eigenvalue weighted by molar-refractivity contribution is -0.0230. The number of rotatable bonds is 2. The predicted molar refractivity (Wildman–Crippen MR) is 58.5 cm³/mol. The van der Waals surface area contributed by atoms with Gasteiger partial charge in [-0.2, -0.15) is 0 Å². The van der Waals surface area contributed by atoms with Crippen molar-refractivity contribution in [2.24, 2.45) is 0 Å². The van der Waals surface area contributed by atoms with E-state index >= 15 is 0 Å². The summed E-state index contributed by atoms with van der Waals surface area (Å²) >= 11 is 0. The van der Waals surface area contributed by atoms with Gasteiger partial charge in [0, 0.05) is 17.3 Å². The normalized spacial score (nSPS) is 32.9. The Bertz CT molecular complexity index is 457. The summed E-state index contributed by atoms with van der Waals surface area (Å²) in [6.07, 6.45) is -3.78. The van der Waals surface area contributed by atoms with Gasteiger partial charge in [-0.3, -0.25) is 4.79 Å². The quantitative estimate of drug-likeness (QED) is 0.523. The Hall–Kier alpha value is -1.21. The van der Waals surface area contributed by atoms with Crippen molar-refractivity contribution in [3.63, 3.8) is 0 Å². The van der Waals surface area contributed by atoms with E-state index in [1.54, 1.807) is 13.0 Å². The van der Waals surface area contributed by atoms with E-state index in [9.17, 15) is 15.0 Å². The number of hydrogen-bond donors (Lipinski definition) is 4. The summed E-state index contributed by atoms with van der Waals surface area (Å²) in [7, 11) is 0. The van der Waals surface area contributed by atoms with Crippen molar-refractivity contribution >= 4 is 0 Å². The number of nitrogens with one attached hydrogen (secondary N) is 1. The maximum absolute atomic E-state index is 11.1. The average Bonchev–Trinajstić information content (AvgIpc) is 2.57. The van der Waals surface area contributed by atoms with Crippen LogP contribution in [0.3, 0.4) is 0 Å². The van der Waals surface area contributed by atoms with Crippen LogP contribution in [0.25, 0.3) is 0 Å². The average molecular weight is 241 g/mol. The summed E-state index contributed by atoms with van der Waals surface area (Å²) in [5.74, 6) is 0. The van der Waals surface area contributed by atoms with E-state index in [1.165, 1.54) is 6.07 Å². The van der Waals surface area contributed by atoms with Crippen molar-refractivity contribution in [2.75, 3.05) is 6.61 Å². The number of aryl methyl sites for hydroxylation is 1. The van der Waals surface area contributed by atoms with E-state index in [0.717, 1.165) is 0 Å². The fourth-order valence-corrected chi connectivity index (χ4v) is 2.05. The number of aliphatic hydroxyl groups excluding tert-OH is 3. The predicted octanol–water partition coefficient (Wildman–Crippen LogP) is -1.16. The molecule has 0 aromatic carbocycles. The van der Waals surface area contributed by atoms with Gasteiger partial charge < -0.3 is 25.0 Å². The van der Waals surface area contributed by atoms with Crippen molar-refractivity contribution in [1.82, 2.24) is 4.98 Å². The zero-order valence-electron chi connectivity index (χ0n) is 9.33. The summed E-state index contributed by atoms with van der Waals surface area (Å²) in [6, 6.07) is 2.88. The first kappa shape index (κ1) is 12.3. The van der Waals surface area contributed by atoms with E-state index in [1.807, 2.05) is 0 Å². The number of aromatic amines is 1. The van der Waals surface area contributed by atoms with E-state index < -0.39 is 24.4 Å². The molecule has 1 aromatic heterocycles. The largest absolute Gasteiger partial charge is 0.394 e. The van der Waals surface area contributed by atoms with Gasteiger partial charge in [-0.05, 0) is 13.0 Å². The van der Waals surface area contributed by atoms with Gasteiger partial charge in [0.1, 0.15) is 24.4 Å². The molecule has 0 amide bonds. The Morgan fingerprint density at radius 2 is 2.06 bits per heavy atom. The highest BCUT2D eigenvalue weighted by Gasteiger charge is 2.43. The van der Waals surface area contributed by atoms with Crippen LogP contribution >= 0.6 is 0 Å². The molecule has 4 N–H and O–H groups in total. The Morgan fingerprint density at radius 1 is 1.35 bits per heavy atom. The molecule has 0 spiro atoms. The summed E-state index contributed by atoms with van der Waals surface area (Å²) in [4.78, 5) is 13.7. The molecular formula is C11H15NO5. The number of aliphatic hydroxyl groups is 3. The fourth-order valence-electron chi connectivity index (χ4n) is 2.05. The molecule has 1 saturated heterocycles. The second-order valence-electron chi connectivity index (χ2n) is 4.16. The maximum atomic E-state index is 11.1. The molecule has 17 heavy (non-hydrogen) atoms. The van der Waals surface area contributed by atoms with Gasteiger partial charge in [0.05, 0.1) is 6.61 Å². The number of aromatic nitrogens is 1. The van der Waals surface area contributed by atoms with Crippen LogP contribution in [0.2, 0.25) is 0 Å². The van der Waals surface area contributed by atoms with Gasteiger partial charge in [0.2, 0.25) is 5.56 Å². The summed E-state index contributed by atoms with van der Waals surface area (Å²) in [6.45, 7) is 1.32. The Balaban J connectivity index is 2.32. The van der Waals surface area contributed by atoms with Crippen molar-refractivity contribution < 1.29 is 20.1 Å². The highest BCUT2D eigenvalue weighted by molar-refractivity contribution is 5.24. The topological polar surface area (TPSA) is 103 Å². The number of pyridine rings is 1. The summed E-state index contributed by atoms with van der Waals surface area (Å²) < 4.78 is 5.37. The number of ether oxygens (including phenoxy) is 1. The SMILES string of the molecule is Cc1[nH]c(=O)ccc1[C@@H]1O[C@H](CO)[C@H](O)[C@@H]1O.